The van der Waals surface area contributed by atoms with Crippen LogP contribution in [-0.4, -0.2) is 48.6 Å². The number of likely N-dealkylation sites (tertiary alicyclic amines) is 1. The van der Waals surface area contributed by atoms with E-state index in [2.05, 4.69) is 46.3 Å². The second-order valence-electron chi connectivity index (χ2n) is 7.78. The summed E-state index contributed by atoms with van der Waals surface area (Å²) in [6, 6.07) is 0. The number of nitrogens with zero attached hydrogens (tertiary/aromatic N) is 3. The van der Waals surface area contributed by atoms with E-state index < -0.39 is 0 Å². The van der Waals surface area contributed by atoms with Crippen LogP contribution < -0.4 is 10.6 Å². The van der Waals surface area contributed by atoms with Crippen molar-refractivity contribution in [3.05, 3.63) is 17.3 Å². The number of aliphatic imine (C=N–C) groups is 1. The second-order valence-corrected chi connectivity index (χ2v) is 7.78. The molecule has 2 heterocycles. The third-order valence-electron chi connectivity index (χ3n) is 4.93. The molecule has 0 radical (unpaired) electrons. The van der Waals surface area contributed by atoms with Crippen LogP contribution in [0.4, 0.5) is 0 Å². The van der Waals surface area contributed by atoms with Gasteiger partial charge in [0.25, 0.3) is 0 Å². The molecule has 6 heteroatoms. The summed E-state index contributed by atoms with van der Waals surface area (Å²) in [7, 11) is 0. The minimum atomic E-state index is 0.466. The molecular weight excluding hydrogens is 326 g/mol. The number of rotatable bonds is 8. The number of oxazole rings is 1. The number of nitrogens with one attached hydrogen (secondary N) is 2. The van der Waals surface area contributed by atoms with Crippen LogP contribution in [0.15, 0.2) is 9.41 Å². The molecule has 2 atom stereocenters. The highest BCUT2D eigenvalue weighted by atomic mass is 16.4. The Kier molecular flexibility index (Phi) is 8.42. The molecule has 148 valence electrons. The standard InChI is InChI=1S/C20H37N5O/c1-6-21-20(23-12-19-24-17(4)18(5)26-19)22-9-7-8-10-25-13-15(2)11-16(3)14-25/h15-16H,6-14H2,1-5H3,(H2,21,22,23). The maximum Gasteiger partial charge on any atom is 0.216 e. The summed E-state index contributed by atoms with van der Waals surface area (Å²) in [5.74, 6) is 4.06. The van der Waals surface area contributed by atoms with E-state index >= 15 is 0 Å². The molecule has 0 aliphatic carbocycles. The summed E-state index contributed by atoms with van der Waals surface area (Å²) in [6.45, 7) is 16.7. The zero-order valence-electron chi connectivity index (χ0n) is 17.3. The van der Waals surface area contributed by atoms with Crippen LogP contribution in [0.25, 0.3) is 0 Å². The van der Waals surface area contributed by atoms with Crippen LogP contribution in [0.1, 0.15) is 57.4 Å². The van der Waals surface area contributed by atoms with Gasteiger partial charge in [0.15, 0.2) is 5.96 Å². The normalized spacial score (nSPS) is 21.8. The highest BCUT2D eigenvalue weighted by Crippen LogP contribution is 2.20. The molecule has 2 rings (SSSR count). The predicted molar refractivity (Wildman–Crippen MR) is 107 cm³/mol. The molecule has 1 saturated heterocycles. The number of hydrogen-bond acceptors (Lipinski definition) is 4. The number of aromatic nitrogens is 1. The van der Waals surface area contributed by atoms with Crippen LogP contribution in [0.2, 0.25) is 0 Å². The predicted octanol–water partition coefficient (Wildman–Crippen LogP) is 3.10. The van der Waals surface area contributed by atoms with Crippen molar-refractivity contribution in [2.75, 3.05) is 32.7 Å². The van der Waals surface area contributed by atoms with Crippen molar-refractivity contribution in [1.82, 2.24) is 20.5 Å². The van der Waals surface area contributed by atoms with Gasteiger partial charge in [-0.3, -0.25) is 0 Å². The van der Waals surface area contributed by atoms with Crippen molar-refractivity contribution in [2.45, 2.75) is 60.4 Å². The first-order chi connectivity index (χ1) is 12.5. The van der Waals surface area contributed by atoms with Gasteiger partial charge in [-0.15, -0.1) is 0 Å². The van der Waals surface area contributed by atoms with Crippen LogP contribution in [-0.2, 0) is 6.54 Å². The summed E-state index contributed by atoms with van der Waals surface area (Å²) in [5.41, 5.74) is 0.939. The summed E-state index contributed by atoms with van der Waals surface area (Å²) in [6.07, 6.45) is 3.76. The van der Waals surface area contributed by atoms with E-state index in [0.29, 0.717) is 12.4 Å². The van der Waals surface area contributed by atoms with Crippen molar-refractivity contribution in [2.24, 2.45) is 16.8 Å². The molecule has 1 aromatic rings. The molecule has 1 aliphatic heterocycles. The van der Waals surface area contributed by atoms with Gasteiger partial charge in [0.2, 0.25) is 5.89 Å². The Balaban J connectivity index is 1.68. The van der Waals surface area contributed by atoms with Gasteiger partial charge in [0.05, 0.1) is 5.69 Å². The average molecular weight is 364 g/mol. The third-order valence-corrected chi connectivity index (χ3v) is 4.93. The Labute approximate surface area is 158 Å². The minimum Gasteiger partial charge on any atom is -0.444 e. The van der Waals surface area contributed by atoms with Gasteiger partial charge in [-0.05, 0) is 58.4 Å². The van der Waals surface area contributed by atoms with E-state index in [4.69, 9.17) is 4.42 Å². The number of hydrogen-bond donors (Lipinski definition) is 2. The number of unbranched alkanes of at least 4 members (excludes halogenated alkanes) is 1. The molecule has 0 spiro atoms. The Morgan fingerprint density at radius 1 is 1.19 bits per heavy atom. The lowest BCUT2D eigenvalue weighted by atomic mass is 9.92. The monoisotopic (exact) mass is 363 g/mol. The fourth-order valence-electron chi connectivity index (χ4n) is 3.74. The van der Waals surface area contributed by atoms with Gasteiger partial charge < -0.3 is 20.0 Å². The fourth-order valence-corrected chi connectivity index (χ4v) is 3.74. The van der Waals surface area contributed by atoms with Crippen molar-refractivity contribution in [3.63, 3.8) is 0 Å². The lowest BCUT2D eigenvalue weighted by molar-refractivity contribution is 0.139. The largest absolute Gasteiger partial charge is 0.444 e. The van der Waals surface area contributed by atoms with Crippen LogP contribution in [0.3, 0.4) is 0 Å². The second kappa shape index (κ2) is 10.6. The molecule has 1 aromatic heterocycles. The summed E-state index contributed by atoms with van der Waals surface area (Å²) in [4.78, 5) is 11.6. The lowest BCUT2D eigenvalue weighted by Crippen LogP contribution is -2.40. The molecule has 0 bridgehead atoms. The molecule has 1 fully saturated rings. The van der Waals surface area contributed by atoms with Gasteiger partial charge >= 0.3 is 0 Å². The first kappa shape index (κ1) is 20.7. The fraction of sp³-hybridized carbons (Fsp3) is 0.800. The maximum atomic E-state index is 5.59. The van der Waals surface area contributed by atoms with E-state index in [-0.39, 0.29) is 0 Å². The maximum absolute atomic E-state index is 5.59. The van der Waals surface area contributed by atoms with E-state index in [9.17, 15) is 0 Å². The van der Waals surface area contributed by atoms with E-state index in [1.165, 1.54) is 32.5 Å². The topological polar surface area (TPSA) is 65.7 Å². The summed E-state index contributed by atoms with van der Waals surface area (Å²) in [5, 5.41) is 6.70. The summed E-state index contributed by atoms with van der Waals surface area (Å²) >= 11 is 0. The van der Waals surface area contributed by atoms with E-state index in [0.717, 1.165) is 48.8 Å². The van der Waals surface area contributed by atoms with Crippen LogP contribution in [0, 0.1) is 25.7 Å². The molecule has 2 N–H and O–H groups in total. The first-order valence-corrected chi connectivity index (χ1v) is 10.1. The van der Waals surface area contributed by atoms with Crippen LogP contribution >= 0.6 is 0 Å². The third kappa shape index (κ3) is 6.98. The zero-order chi connectivity index (χ0) is 18.9. The van der Waals surface area contributed by atoms with Crippen molar-refractivity contribution >= 4 is 5.96 Å². The number of aryl methyl sites for hydroxylation is 2. The van der Waals surface area contributed by atoms with Gasteiger partial charge in [-0.2, -0.15) is 0 Å². The first-order valence-electron chi connectivity index (χ1n) is 10.1. The van der Waals surface area contributed by atoms with Gasteiger partial charge in [-0.1, -0.05) is 13.8 Å². The Hall–Kier alpha value is -1.56. The van der Waals surface area contributed by atoms with E-state index in [1.54, 1.807) is 0 Å². The molecular formula is C20H37N5O. The molecule has 0 amide bonds. The highest BCUT2D eigenvalue weighted by molar-refractivity contribution is 5.79. The van der Waals surface area contributed by atoms with Crippen molar-refractivity contribution < 1.29 is 4.42 Å². The quantitative estimate of drug-likeness (QED) is 0.422. The average Bonchev–Trinajstić information content (AvgIpc) is 2.89. The smallest absolute Gasteiger partial charge is 0.216 e. The summed E-state index contributed by atoms with van der Waals surface area (Å²) < 4.78 is 5.59. The van der Waals surface area contributed by atoms with E-state index in [1.807, 2.05) is 13.8 Å². The van der Waals surface area contributed by atoms with Gasteiger partial charge in [-0.25, -0.2) is 9.98 Å². The number of guanidine groups is 1. The van der Waals surface area contributed by atoms with Gasteiger partial charge in [0.1, 0.15) is 12.3 Å². The van der Waals surface area contributed by atoms with Crippen molar-refractivity contribution in [1.29, 1.82) is 0 Å². The number of piperidine rings is 1. The van der Waals surface area contributed by atoms with Gasteiger partial charge in [0, 0.05) is 26.2 Å². The molecule has 6 nitrogen and oxygen atoms in total. The molecule has 26 heavy (non-hydrogen) atoms. The molecule has 1 aliphatic rings. The molecule has 0 aromatic carbocycles. The molecule has 2 unspecified atom stereocenters. The Morgan fingerprint density at radius 2 is 1.92 bits per heavy atom. The van der Waals surface area contributed by atoms with Crippen molar-refractivity contribution in [3.8, 4) is 0 Å². The Bertz CT molecular complexity index is 539. The lowest BCUT2D eigenvalue weighted by Gasteiger charge is -2.34. The zero-order valence-corrected chi connectivity index (χ0v) is 17.3. The SMILES string of the molecule is CCNC(=NCc1nc(C)c(C)o1)NCCCCN1CC(C)CC(C)C1. The highest BCUT2D eigenvalue weighted by Gasteiger charge is 2.20. The molecule has 0 saturated carbocycles. The Morgan fingerprint density at radius 3 is 2.54 bits per heavy atom. The van der Waals surface area contributed by atoms with Crippen LogP contribution in [0.5, 0.6) is 0 Å². The minimum absolute atomic E-state index is 0.466.